The number of aromatic nitrogens is 2. The quantitative estimate of drug-likeness (QED) is 0.326. The van der Waals surface area contributed by atoms with Crippen molar-refractivity contribution in [2.75, 3.05) is 32.8 Å². The Kier molecular flexibility index (Phi) is 8.86. The molecule has 1 heterocycles. The highest BCUT2D eigenvalue weighted by atomic mass is 19.4. The second-order valence-electron chi connectivity index (χ2n) is 5.71. The lowest BCUT2D eigenvalue weighted by Crippen LogP contribution is -2.48. The fraction of sp³-hybridized carbons (Fsp3) is 0.750. The Bertz CT molecular complexity index is 562. The van der Waals surface area contributed by atoms with Crippen LogP contribution in [0.2, 0.25) is 0 Å². The molecule has 150 valence electrons. The third-order valence-corrected chi connectivity index (χ3v) is 3.70. The Labute approximate surface area is 151 Å². The van der Waals surface area contributed by atoms with Crippen molar-refractivity contribution in [3.05, 3.63) is 18.2 Å². The number of rotatable bonds is 10. The van der Waals surface area contributed by atoms with E-state index in [1.165, 1.54) is 24.0 Å². The number of ether oxygens (including phenoxy) is 1. The Morgan fingerprint density at radius 1 is 1.35 bits per heavy atom. The van der Waals surface area contributed by atoms with Crippen LogP contribution in [0.15, 0.2) is 17.4 Å². The molecule has 0 bridgehead atoms. The second-order valence-corrected chi connectivity index (χ2v) is 5.71. The molecule has 10 heteroatoms. The molecule has 26 heavy (non-hydrogen) atoms. The average Bonchev–Trinajstić information content (AvgIpc) is 3.00. The molecule has 0 aliphatic carbocycles. The van der Waals surface area contributed by atoms with Gasteiger partial charge in [0.15, 0.2) is 5.96 Å². The van der Waals surface area contributed by atoms with Crippen molar-refractivity contribution in [1.29, 1.82) is 0 Å². The zero-order valence-corrected chi connectivity index (χ0v) is 15.4. The summed E-state index contributed by atoms with van der Waals surface area (Å²) >= 11 is 0. The summed E-state index contributed by atoms with van der Waals surface area (Å²) in [5.74, 6) is -0.0428. The van der Waals surface area contributed by atoms with Gasteiger partial charge in [0.1, 0.15) is 5.82 Å². The normalized spacial score (nSPS) is 15.0. The van der Waals surface area contributed by atoms with Crippen molar-refractivity contribution < 1.29 is 23.0 Å². The summed E-state index contributed by atoms with van der Waals surface area (Å²) in [4.78, 5) is 7.95. The van der Waals surface area contributed by atoms with Crippen LogP contribution in [0.4, 0.5) is 13.2 Å². The molecule has 0 amide bonds. The number of hydrogen-bond donors (Lipinski definition) is 3. The largest absolute Gasteiger partial charge is 0.424 e. The lowest BCUT2D eigenvalue weighted by Gasteiger charge is -2.30. The van der Waals surface area contributed by atoms with Crippen LogP contribution >= 0.6 is 0 Å². The van der Waals surface area contributed by atoms with E-state index in [4.69, 9.17) is 4.74 Å². The van der Waals surface area contributed by atoms with Crippen molar-refractivity contribution in [3.8, 4) is 0 Å². The number of halogens is 3. The van der Waals surface area contributed by atoms with Crippen LogP contribution in [0.25, 0.3) is 0 Å². The predicted octanol–water partition coefficient (Wildman–Crippen LogP) is 1.54. The molecule has 0 fully saturated rings. The molecule has 0 radical (unpaired) electrons. The molecule has 1 aromatic rings. The smallest absolute Gasteiger partial charge is 0.382 e. The molecule has 0 saturated carbocycles. The van der Waals surface area contributed by atoms with Gasteiger partial charge in [-0.25, -0.2) is 4.98 Å². The third-order valence-electron chi connectivity index (χ3n) is 3.70. The van der Waals surface area contributed by atoms with Gasteiger partial charge in [-0.1, -0.05) is 0 Å². The van der Waals surface area contributed by atoms with Gasteiger partial charge >= 0.3 is 6.18 Å². The maximum absolute atomic E-state index is 13.5. The summed E-state index contributed by atoms with van der Waals surface area (Å²) in [6, 6.07) is 0. The Morgan fingerprint density at radius 2 is 2.08 bits per heavy atom. The molecule has 3 N–H and O–H groups in total. The van der Waals surface area contributed by atoms with Crippen LogP contribution in [-0.2, 0) is 17.4 Å². The average molecular weight is 379 g/mol. The van der Waals surface area contributed by atoms with Crippen LogP contribution in [0.5, 0.6) is 0 Å². The van der Waals surface area contributed by atoms with E-state index in [-0.39, 0.29) is 6.54 Å². The predicted molar refractivity (Wildman–Crippen MR) is 92.9 cm³/mol. The lowest BCUT2D eigenvalue weighted by atomic mass is 9.97. The Hall–Kier alpha value is -1.81. The topological polar surface area (TPSA) is 83.7 Å². The molecule has 1 rings (SSSR count). The molecule has 7 nitrogen and oxygen atoms in total. The van der Waals surface area contributed by atoms with Gasteiger partial charge in [0.05, 0.1) is 0 Å². The highest BCUT2D eigenvalue weighted by molar-refractivity contribution is 5.79. The molecule has 1 unspecified atom stereocenters. The van der Waals surface area contributed by atoms with Crippen molar-refractivity contribution in [2.45, 2.75) is 38.5 Å². The molecular formula is C16H28F3N5O2. The minimum Gasteiger partial charge on any atom is -0.382 e. The number of hydrogen-bond acceptors (Lipinski definition) is 4. The number of aryl methyl sites for hydroxylation is 1. The molecule has 0 aliphatic heterocycles. The van der Waals surface area contributed by atoms with E-state index in [0.29, 0.717) is 38.7 Å². The number of aliphatic hydroxyl groups is 1. The summed E-state index contributed by atoms with van der Waals surface area (Å²) < 4.78 is 46.7. The summed E-state index contributed by atoms with van der Waals surface area (Å²) in [7, 11) is 1.41. The highest BCUT2D eigenvalue weighted by Crippen LogP contribution is 2.40. The molecule has 0 aromatic carbocycles. The van der Waals surface area contributed by atoms with Gasteiger partial charge in [-0.3, -0.25) is 4.99 Å². The van der Waals surface area contributed by atoms with Crippen molar-refractivity contribution in [1.82, 2.24) is 20.2 Å². The minimum absolute atomic E-state index is 0.125. The third kappa shape index (κ3) is 6.17. The van der Waals surface area contributed by atoms with Gasteiger partial charge in [0, 0.05) is 58.7 Å². The Morgan fingerprint density at radius 3 is 2.62 bits per heavy atom. The van der Waals surface area contributed by atoms with Crippen LogP contribution in [-0.4, -0.2) is 59.6 Å². The van der Waals surface area contributed by atoms with E-state index < -0.39 is 24.0 Å². The summed E-state index contributed by atoms with van der Waals surface area (Å²) in [5, 5.41) is 16.1. The number of imidazole rings is 1. The van der Waals surface area contributed by atoms with Gasteiger partial charge < -0.3 is 25.0 Å². The number of nitrogens with one attached hydrogen (secondary N) is 2. The fourth-order valence-electron chi connectivity index (χ4n) is 2.35. The van der Waals surface area contributed by atoms with E-state index in [2.05, 4.69) is 20.6 Å². The van der Waals surface area contributed by atoms with Crippen molar-refractivity contribution in [3.63, 3.8) is 0 Å². The lowest BCUT2D eigenvalue weighted by molar-refractivity contribution is -0.272. The molecule has 0 aliphatic rings. The van der Waals surface area contributed by atoms with Crippen LogP contribution in [0, 0.1) is 0 Å². The molecule has 1 atom stereocenters. The van der Waals surface area contributed by atoms with E-state index in [9.17, 15) is 18.3 Å². The number of aliphatic imine (C=N–C) groups is 1. The van der Waals surface area contributed by atoms with E-state index in [0.717, 1.165) is 0 Å². The summed E-state index contributed by atoms with van der Waals surface area (Å²) in [6.07, 6.45) is -2.14. The molecular weight excluding hydrogens is 351 g/mol. The van der Waals surface area contributed by atoms with Crippen LogP contribution in [0.1, 0.15) is 32.5 Å². The zero-order valence-electron chi connectivity index (χ0n) is 15.4. The van der Waals surface area contributed by atoms with E-state index in [1.54, 1.807) is 0 Å². The van der Waals surface area contributed by atoms with Gasteiger partial charge in [0.25, 0.3) is 0 Å². The summed E-state index contributed by atoms with van der Waals surface area (Å²) in [6.45, 7) is 5.89. The van der Waals surface area contributed by atoms with Gasteiger partial charge in [-0.2, -0.15) is 13.2 Å². The number of guanidine groups is 1. The first-order valence-electron chi connectivity index (χ1n) is 8.63. The molecule has 1 aromatic heterocycles. The van der Waals surface area contributed by atoms with Gasteiger partial charge in [-0.05, 0) is 20.3 Å². The summed E-state index contributed by atoms with van der Waals surface area (Å²) in [5.41, 5.74) is -3.04. The van der Waals surface area contributed by atoms with Gasteiger partial charge in [-0.15, -0.1) is 0 Å². The van der Waals surface area contributed by atoms with E-state index in [1.807, 2.05) is 13.8 Å². The number of nitrogens with zero attached hydrogens (tertiary/aromatic N) is 3. The SMILES string of the molecule is CCNC(=NCCCOCC)NCCC(O)(c1nccn1C)C(F)(F)F. The number of alkyl halides is 3. The first-order chi connectivity index (χ1) is 12.3. The van der Waals surface area contributed by atoms with Crippen LogP contribution in [0.3, 0.4) is 0 Å². The monoisotopic (exact) mass is 379 g/mol. The Balaban J connectivity index is 2.70. The highest BCUT2D eigenvalue weighted by Gasteiger charge is 2.57. The van der Waals surface area contributed by atoms with E-state index >= 15 is 0 Å². The minimum atomic E-state index is -4.85. The van der Waals surface area contributed by atoms with Gasteiger partial charge in [0.2, 0.25) is 5.60 Å². The fourth-order valence-corrected chi connectivity index (χ4v) is 2.35. The van der Waals surface area contributed by atoms with Crippen molar-refractivity contribution in [2.24, 2.45) is 12.0 Å². The van der Waals surface area contributed by atoms with Crippen molar-refractivity contribution >= 4 is 5.96 Å². The second kappa shape index (κ2) is 10.4. The molecule has 0 saturated heterocycles. The zero-order chi connectivity index (χ0) is 19.6. The maximum Gasteiger partial charge on any atom is 0.424 e. The van der Waals surface area contributed by atoms with Crippen LogP contribution < -0.4 is 10.6 Å². The first-order valence-corrected chi connectivity index (χ1v) is 8.63. The standard InChI is InChI=1S/C16H28F3N5O2/c1-4-20-14(22-8-6-12-26-5-2)23-9-7-15(25,16(17,18)19)13-21-10-11-24(13)3/h10-11,25H,4-9,12H2,1-3H3,(H2,20,22,23). The first kappa shape index (κ1) is 22.2. The molecule has 0 spiro atoms. The maximum atomic E-state index is 13.5.